The van der Waals surface area contributed by atoms with E-state index in [9.17, 15) is 14.7 Å². The van der Waals surface area contributed by atoms with Gasteiger partial charge < -0.3 is 10.4 Å². The maximum atomic E-state index is 12.1. The third-order valence-corrected chi connectivity index (χ3v) is 4.18. The van der Waals surface area contributed by atoms with Crippen molar-refractivity contribution in [1.82, 2.24) is 15.1 Å². The predicted molar refractivity (Wildman–Crippen MR) is 102 cm³/mol. The number of amides is 1. The van der Waals surface area contributed by atoms with Gasteiger partial charge in [-0.2, -0.15) is 5.10 Å². The minimum absolute atomic E-state index is 0.0228. The Hall–Kier alpha value is -3.41. The summed E-state index contributed by atoms with van der Waals surface area (Å²) in [6, 6.07) is 18.7. The van der Waals surface area contributed by atoms with Crippen LogP contribution in [0.3, 0.4) is 0 Å². The van der Waals surface area contributed by atoms with Gasteiger partial charge in [-0.3, -0.25) is 4.79 Å². The number of aromatic nitrogens is 2. The van der Waals surface area contributed by atoms with Crippen LogP contribution in [0.15, 0.2) is 60.7 Å². The summed E-state index contributed by atoms with van der Waals surface area (Å²) in [4.78, 5) is 23.5. The number of carboxylic acid groups (broad SMARTS) is 1. The van der Waals surface area contributed by atoms with Crippen LogP contribution >= 0.6 is 0 Å². The molecule has 0 unspecified atom stereocenters. The highest BCUT2D eigenvalue weighted by molar-refractivity contribution is 5.86. The Bertz CT molecular complexity index is 948. The molecule has 0 aliphatic carbocycles. The summed E-state index contributed by atoms with van der Waals surface area (Å²) in [6.45, 7) is 2.13. The van der Waals surface area contributed by atoms with Gasteiger partial charge in [0.25, 0.3) is 0 Å². The van der Waals surface area contributed by atoms with Crippen LogP contribution in [0.4, 0.5) is 0 Å². The van der Waals surface area contributed by atoms with Gasteiger partial charge in [0.2, 0.25) is 5.91 Å². The zero-order chi connectivity index (χ0) is 19.2. The molecule has 0 aliphatic rings. The predicted octanol–water partition coefficient (Wildman–Crippen LogP) is 3.13. The molecule has 138 valence electrons. The Morgan fingerprint density at radius 1 is 1.04 bits per heavy atom. The number of aromatic carboxylic acids is 1. The molecule has 0 radical (unpaired) electrons. The van der Waals surface area contributed by atoms with Gasteiger partial charge in [0.05, 0.1) is 11.4 Å². The van der Waals surface area contributed by atoms with Crippen molar-refractivity contribution < 1.29 is 14.7 Å². The fraction of sp³-hybridized carbons (Fsp3) is 0.190. The van der Waals surface area contributed by atoms with Crippen molar-refractivity contribution in [2.45, 2.75) is 26.3 Å². The Labute approximate surface area is 157 Å². The van der Waals surface area contributed by atoms with Crippen molar-refractivity contribution in [2.24, 2.45) is 0 Å². The molecule has 0 saturated carbocycles. The molecule has 27 heavy (non-hydrogen) atoms. The van der Waals surface area contributed by atoms with Gasteiger partial charge in [-0.05, 0) is 42.7 Å². The molecule has 1 heterocycles. The number of nitrogens with zero attached hydrogens (tertiary/aromatic N) is 2. The van der Waals surface area contributed by atoms with Crippen LogP contribution < -0.4 is 5.32 Å². The number of carboxylic acids is 1. The van der Waals surface area contributed by atoms with Crippen LogP contribution in [0.2, 0.25) is 0 Å². The Morgan fingerprint density at radius 2 is 1.78 bits per heavy atom. The van der Waals surface area contributed by atoms with E-state index in [2.05, 4.69) is 10.4 Å². The summed E-state index contributed by atoms with van der Waals surface area (Å²) in [5, 5.41) is 16.5. The lowest BCUT2D eigenvalue weighted by Crippen LogP contribution is -2.23. The average Bonchev–Trinajstić information content (AvgIpc) is 3.08. The fourth-order valence-corrected chi connectivity index (χ4v) is 2.84. The highest BCUT2D eigenvalue weighted by Crippen LogP contribution is 2.15. The van der Waals surface area contributed by atoms with E-state index in [1.165, 1.54) is 10.7 Å². The summed E-state index contributed by atoms with van der Waals surface area (Å²) in [5.41, 5.74) is 3.40. The highest BCUT2D eigenvalue weighted by atomic mass is 16.4. The Kier molecular flexibility index (Phi) is 5.66. The van der Waals surface area contributed by atoms with Crippen LogP contribution in [0.5, 0.6) is 0 Å². The molecule has 2 N–H and O–H groups in total. The first-order chi connectivity index (χ1) is 13.0. The average molecular weight is 363 g/mol. The lowest BCUT2D eigenvalue weighted by molar-refractivity contribution is -0.121. The third-order valence-electron chi connectivity index (χ3n) is 4.18. The van der Waals surface area contributed by atoms with Crippen LogP contribution in [0, 0.1) is 6.92 Å². The van der Waals surface area contributed by atoms with E-state index < -0.39 is 5.97 Å². The molecular weight excluding hydrogens is 342 g/mol. The zero-order valence-corrected chi connectivity index (χ0v) is 15.1. The lowest BCUT2D eigenvalue weighted by Gasteiger charge is -2.09. The minimum atomic E-state index is -1.03. The van der Waals surface area contributed by atoms with Gasteiger partial charge in [-0.25, -0.2) is 9.48 Å². The molecular formula is C21H21N3O3. The number of nitrogens with one attached hydrogen (secondary N) is 1. The maximum Gasteiger partial charge on any atom is 0.354 e. The van der Waals surface area contributed by atoms with Gasteiger partial charge in [0.15, 0.2) is 5.69 Å². The van der Waals surface area contributed by atoms with Gasteiger partial charge in [0, 0.05) is 13.0 Å². The summed E-state index contributed by atoms with van der Waals surface area (Å²) < 4.78 is 1.40. The SMILES string of the molecule is Cc1cc(C(=O)O)n(-c2cccc(CNC(=O)CCc3ccccc3)c2)n1. The van der Waals surface area contributed by atoms with E-state index in [4.69, 9.17) is 0 Å². The molecule has 2 aromatic carbocycles. The van der Waals surface area contributed by atoms with Crippen LogP contribution in [-0.2, 0) is 17.8 Å². The molecule has 6 nitrogen and oxygen atoms in total. The summed E-state index contributed by atoms with van der Waals surface area (Å²) in [5.74, 6) is -1.05. The first-order valence-electron chi connectivity index (χ1n) is 8.73. The quantitative estimate of drug-likeness (QED) is 0.675. The minimum Gasteiger partial charge on any atom is -0.477 e. The summed E-state index contributed by atoms with van der Waals surface area (Å²) >= 11 is 0. The second kappa shape index (κ2) is 8.31. The number of rotatable bonds is 7. The van der Waals surface area contributed by atoms with Gasteiger partial charge >= 0.3 is 5.97 Å². The molecule has 3 rings (SSSR count). The maximum absolute atomic E-state index is 12.1. The summed E-state index contributed by atoms with van der Waals surface area (Å²) in [6.07, 6.45) is 1.12. The van der Waals surface area contributed by atoms with Crippen molar-refractivity contribution in [3.63, 3.8) is 0 Å². The zero-order valence-electron chi connectivity index (χ0n) is 15.1. The molecule has 1 amide bonds. The first kappa shape index (κ1) is 18.4. The van der Waals surface area contributed by atoms with Gasteiger partial charge in [-0.15, -0.1) is 0 Å². The molecule has 0 atom stereocenters. The monoisotopic (exact) mass is 363 g/mol. The molecule has 6 heteroatoms. The van der Waals surface area contributed by atoms with Crippen molar-refractivity contribution in [1.29, 1.82) is 0 Å². The van der Waals surface area contributed by atoms with Crippen molar-refractivity contribution in [3.05, 3.63) is 83.2 Å². The fourth-order valence-electron chi connectivity index (χ4n) is 2.84. The van der Waals surface area contributed by atoms with E-state index in [1.54, 1.807) is 13.0 Å². The molecule has 0 saturated heterocycles. The van der Waals surface area contributed by atoms with Crippen molar-refractivity contribution in [3.8, 4) is 5.69 Å². The third kappa shape index (κ3) is 4.82. The number of benzene rings is 2. The second-order valence-electron chi connectivity index (χ2n) is 6.32. The largest absolute Gasteiger partial charge is 0.477 e. The lowest BCUT2D eigenvalue weighted by atomic mass is 10.1. The Morgan fingerprint density at radius 3 is 2.52 bits per heavy atom. The van der Waals surface area contributed by atoms with Gasteiger partial charge in [0.1, 0.15) is 0 Å². The number of carbonyl (C=O) groups excluding carboxylic acids is 1. The van der Waals surface area contributed by atoms with Crippen molar-refractivity contribution >= 4 is 11.9 Å². The molecule has 0 aliphatic heterocycles. The number of hydrogen-bond acceptors (Lipinski definition) is 3. The summed E-state index contributed by atoms with van der Waals surface area (Å²) in [7, 11) is 0. The number of hydrogen-bond donors (Lipinski definition) is 2. The normalized spacial score (nSPS) is 10.6. The second-order valence-corrected chi connectivity index (χ2v) is 6.32. The van der Waals surface area contributed by atoms with Crippen molar-refractivity contribution in [2.75, 3.05) is 0 Å². The van der Waals surface area contributed by atoms with Crippen LogP contribution in [0.25, 0.3) is 5.69 Å². The molecule has 0 bridgehead atoms. The van der Waals surface area contributed by atoms with E-state index in [1.807, 2.05) is 48.5 Å². The first-order valence-corrected chi connectivity index (χ1v) is 8.73. The Balaban J connectivity index is 1.63. The van der Waals surface area contributed by atoms with Crippen LogP contribution in [0.1, 0.15) is 33.7 Å². The topological polar surface area (TPSA) is 84.2 Å². The van der Waals surface area contributed by atoms with E-state index in [-0.39, 0.29) is 11.6 Å². The molecule has 3 aromatic rings. The van der Waals surface area contributed by atoms with E-state index in [0.717, 1.165) is 11.1 Å². The highest BCUT2D eigenvalue weighted by Gasteiger charge is 2.14. The van der Waals surface area contributed by atoms with E-state index in [0.29, 0.717) is 30.8 Å². The molecule has 0 spiro atoms. The van der Waals surface area contributed by atoms with Gasteiger partial charge in [-0.1, -0.05) is 42.5 Å². The van der Waals surface area contributed by atoms with E-state index >= 15 is 0 Å². The molecule has 0 fully saturated rings. The standard InChI is InChI=1S/C21H21N3O3/c1-15-12-19(21(26)27)24(23-15)18-9-5-8-17(13-18)14-22-20(25)11-10-16-6-3-2-4-7-16/h2-9,12-13H,10-11,14H2,1H3,(H,22,25)(H,26,27). The number of aryl methyl sites for hydroxylation is 2. The van der Waals surface area contributed by atoms with Crippen LogP contribution in [-0.4, -0.2) is 26.8 Å². The smallest absolute Gasteiger partial charge is 0.354 e. The number of carbonyl (C=O) groups is 2. The molecule has 1 aromatic heterocycles.